The molecule has 10 heteroatoms. The molecule has 0 aliphatic rings. The molecule has 0 saturated heterocycles. The van der Waals surface area contributed by atoms with Crippen LogP contribution in [0.2, 0.25) is 5.02 Å². The van der Waals surface area contributed by atoms with Gasteiger partial charge in [0, 0.05) is 5.02 Å². The number of nitrogens with zero attached hydrogens (tertiary/aromatic N) is 4. The van der Waals surface area contributed by atoms with Gasteiger partial charge in [0.05, 0.1) is 17.7 Å². The third kappa shape index (κ3) is 3.31. The SMILES string of the molecule is COc1ccc(NS(=O)(=O)c2ccc(Cl)cc2)cc1-n1cnnn1. The number of benzene rings is 2. The van der Waals surface area contributed by atoms with E-state index in [2.05, 4.69) is 20.2 Å². The minimum absolute atomic E-state index is 0.103. The highest BCUT2D eigenvalue weighted by Crippen LogP contribution is 2.27. The van der Waals surface area contributed by atoms with Crippen molar-refractivity contribution < 1.29 is 13.2 Å². The molecule has 0 amide bonds. The summed E-state index contributed by atoms with van der Waals surface area (Å²) in [5, 5.41) is 11.4. The molecule has 1 heterocycles. The minimum atomic E-state index is -3.75. The lowest BCUT2D eigenvalue weighted by atomic mass is 10.2. The first-order valence-corrected chi connectivity index (χ1v) is 8.55. The molecule has 0 atom stereocenters. The molecule has 3 aromatic rings. The molecular weight excluding hydrogens is 354 g/mol. The van der Waals surface area contributed by atoms with Gasteiger partial charge in [-0.15, -0.1) is 5.10 Å². The van der Waals surface area contributed by atoms with Crippen LogP contribution in [0.15, 0.2) is 53.7 Å². The van der Waals surface area contributed by atoms with Gasteiger partial charge in [-0.05, 0) is 52.9 Å². The van der Waals surface area contributed by atoms with Crippen LogP contribution in [-0.2, 0) is 10.0 Å². The van der Waals surface area contributed by atoms with Crippen LogP contribution >= 0.6 is 11.6 Å². The molecule has 2 aromatic carbocycles. The number of ether oxygens (including phenoxy) is 1. The molecule has 0 aliphatic carbocycles. The van der Waals surface area contributed by atoms with Crippen LogP contribution in [0.3, 0.4) is 0 Å². The van der Waals surface area contributed by atoms with Crippen molar-refractivity contribution >= 4 is 27.3 Å². The maximum absolute atomic E-state index is 12.4. The van der Waals surface area contributed by atoms with Gasteiger partial charge >= 0.3 is 0 Å². The van der Waals surface area contributed by atoms with E-state index in [0.717, 1.165) is 0 Å². The van der Waals surface area contributed by atoms with Gasteiger partial charge in [-0.1, -0.05) is 11.6 Å². The van der Waals surface area contributed by atoms with Crippen LogP contribution in [0.4, 0.5) is 5.69 Å². The van der Waals surface area contributed by atoms with Crippen molar-refractivity contribution in [2.75, 3.05) is 11.8 Å². The molecule has 1 N–H and O–H groups in total. The van der Waals surface area contributed by atoms with E-state index in [-0.39, 0.29) is 4.90 Å². The predicted molar refractivity (Wildman–Crippen MR) is 88.0 cm³/mol. The molecule has 24 heavy (non-hydrogen) atoms. The number of hydrogen-bond acceptors (Lipinski definition) is 6. The maximum Gasteiger partial charge on any atom is 0.261 e. The summed E-state index contributed by atoms with van der Waals surface area (Å²) >= 11 is 5.78. The minimum Gasteiger partial charge on any atom is -0.494 e. The van der Waals surface area contributed by atoms with Gasteiger partial charge in [0.25, 0.3) is 10.0 Å². The van der Waals surface area contributed by atoms with Crippen molar-refractivity contribution in [1.82, 2.24) is 20.2 Å². The highest BCUT2D eigenvalue weighted by atomic mass is 35.5. The molecule has 1 aromatic heterocycles. The fraction of sp³-hybridized carbons (Fsp3) is 0.0714. The standard InChI is InChI=1S/C14H12ClN5O3S/c1-23-14-7-4-11(8-13(14)20-9-16-18-19-20)17-24(21,22)12-5-2-10(15)3-6-12/h2-9,17H,1H3. The first-order chi connectivity index (χ1) is 11.5. The Morgan fingerprint density at radius 3 is 2.54 bits per heavy atom. The van der Waals surface area contributed by atoms with E-state index in [0.29, 0.717) is 22.1 Å². The number of tetrazole rings is 1. The van der Waals surface area contributed by atoms with E-state index in [1.807, 2.05) is 0 Å². The van der Waals surface area contributed by atoms with E-state index >= 15 is 0 Å². The Kier molecular flexibility index (Phi) is 4.36. The average Bonchev–Trinajstić information content (AvgIpc) is 3.09. The molecule has 0 aliphatic heterocycles. The lowest BCUT2D eigenvalue weighted by molar-refractivity contribution is 0.411. The topological polar surface area (TPSA) is 99.0 Å². The van der Waals surface area contributed by atoms with E-state index < -0.39 is 10.0 Å². The molecular formula is C14H12ClN5O3S. The second kappa shape index (κ2) is 6.46. The average molecular weight is 366 g/mol. The highest BCUT2D eigenvalue weighted by molar-refractivity contribution is 7.92. The third-order valence-electron chi connectivity index (χ3n) is 3.15. The monoisotopic (exact) mass is 365 g/mol. The van der Waals surface area contributed by atoms with Crippen LogP contribution in [0, 0.1) is 0 Å². The quantitative estimate of drug-likeness (QED) is 0.743. The maximum atomic E-state index is 12.4. The smallest absolute Gasteiger partial charge is 0.261 e. The van der Waals surface area contributed by atoms with E-state index in [4.69, 9.17) is 16.3 Å². The van der Waals surface area contributed by atoms with Crippen molar-refractivity contribution in [1.29, 1.82) is 0 Å². The number of nitrogens with one attached hydrogen (secondary N) is 1. The molecule has 0 saturated carbocycles. The number of methoxy groups -OCH3 is 1. The molecule has 0 bridgehead atoms. The van der Waals surface area contributed by atoms with Crippen LogP contribution in [0.25, 0.3) is 5.69 Å². The Morgan fingerprint density at radius 1 is 1.17 bits per heavy atom. The summed E-state index contributed by atoms with van der Waals surface area (Å²) in [7, 11) is -2.24. The summed E-state index contributed by atoms with van der Waals surface area (Å²) in [5.41, 5.74) is 0.843. The first kappa shape index (κ1) is 16.2. The number of aromatic nitrogens is 4. The summed E-state index contributed by atoms with van der Waals surface area (Å²) < 4.78 is 34.0. The molecule has 8 nitrogen and oxygen atoms in total. The van der Waals surface area contributed by atoms with Crippen molar-refractivity contribution in [3.05, 3.63) is 53.8 Å². The molecule has 0 unspecified atom stereocenters. The normalized spacial score (nSPS) is 11.2. The van der Waals surface area contributed by atoms with Crippen LogP contribution < -0.4 is 9.46 Å². The van der Waals surface area contributed by atoms with Gasteiger partial charge in [-0.2, -0.15) is 4.68 Å². The van der Waals surface area contributed by atoms with Crippen molar-refractivity contribution in [2.24, 2.45) is 0 Å². The number of sulfonamides is 1. The van der Waals surface area contributed by atoms with Gasteiger partial charge in [0.1, 0.15) is 17.8 Å². The predicted octanol–water partition coefficient (Wildman–Crippen LogP) is 2.13. The molecule has 0 spiro atoms. The zero-order valence-corrected chi connectivity index (χ0v) is 14.0. The lowest BCUT2D eigenvalue weighted by Gasteiger charge is -2.12. The Hall–Kier alpha value is -2.65. The largest absolute Gasteiger partial charge is 0.494 e. The van der Waals surface area contributed by atoms with Crippen LogP contribution in [0.1, 0.15) is 0 Å². The number of anilines is 1. The molecule has 3 rings (SSSR count). The summed E-state index contributed by atoms with van der Waals surface area (Å²) in [6.45, 7) is 0. The summed E-state index contributed by atoms with van der Waals surface area (Å²) in [4.78, 5) is 0.103. The van der Waals surface area contributed by atoms with Gasteiger partial charge in [0.15, 0.2) is 0 Å². The third-order valence-corrected chi connectivity index (χ3v) is 4.80. The van der Waals surface area contributed by atoms with E-state index in [1.165, 1.54) is 42.4 Å². The number of hydrogen-bond donors (Lipinski definition) is 1. The second-order valence-electron chi connectivity index (χ2n) is 4.70. The number of halogens is 1. The Balaban J connectivity index is 1.95. The van der Waals surface area contributed by atoms with E-state index in [9.17, 15) is 8.42 Å². The zero-order chi connectivity index (χ0) is 17.2. The lowest BCUT2D eigenvalue weighted by Crippen LogP contribution is -2.13. The fourth-order valence-electron chi connectivity index (χ4n) is 2.03. The fourth-order valence-corrected chi connectivity index (χ4v) is 3.21. The van der Waals surface area contributed by atoms with Crippen LogP contribution in [0.5, 0.6) is 5.75 Å². The summed E-state index contributed by atoms with van der Waals surface area (Å²) in [6.07, 6.45) is 1.38. The van der Waals surface area contributed by atoms with Crippen molar-refractivity contribution in [3.63, 3.8) is 0 Å². The molecule has 0 radical (unpaired) electrons. The zero-order valence-electron chi connectivity index (χ0n) is 12.4. The van der Waals surface area contributed by atoms with Crippen molar-refractivity contribution in [2.45, 2.75) is 4.90 Å². The Labute approximate surface area is 143 Å². The summed E-state index contributed by atoms with van der Waals surface area (Å²) in [5.74, 6) is 0.497. The van der Waals surface area contributed by atoms with E-state index in [1.54, 1.807) is 18.2 Å². The summed E-state index contributed by atoms with van der Waals surface area (Å²) in [6, 6.07) is 10.7. The molecule has 124 valence electrons. The van der Waals surface area contributed by atoms with Gasteiger partial charge in [0.2, 0.25) is 0 Å². The first-order valence-electron chi connectivity index (χ1n) is 6.69. The highest BCUT2D eigenvalue weighted by Gasteiger charge is 2.16. The van der Waals surface area contributed by atoms with Crippen molar-refractivity contribution in [3.8, 4) is 11.4 Å². The van der Waals surface area contributed by atoms with Crippen LogP contribution in [-0.4, -0.2) is 35.7 Å². The number of rotatable bonds is 5. The molecule has 0 fully saturated rings. The Bertz CT molecular complexity index is 943. The Morgan fingerprint density at radius 2 is 1.92 bits per heavy atom. The van der Waals surface area contributed by atoms with Gasteiger partial charge in [-0.3, -0.25) is 4.72 Å². The van der Waals surface area contributed by atoms with Gasteiger partial charge < -0.3 is 4.74 Å². The van der Waals surface area contributed by atoms with Gasteiger partial charge in [-0.25, -0.2) is 8.42 Å². The second-order valence-corrected chi connectivity index (χ2v) is 6.82.